The molecule has 0 aromatic heterocycles. The molecular formula is C18H26O8. The maximum Gasteiger partial charge on any atom is 0.229 e. The van der Waals surface area contributed by atoms with Crippen molar-refractivity contribution in [2.45, 2.75) is 51.5 Å². The number of hydrogen-bond donors (Lipinski definition) is 2. The van der Waals surface area contributed by atoms with Gasteiger partial charge in [0.15, 0.2) is 17.8 Å². The van der Waals surface area contributed by atoms with Gasteiger partial charge < -0.3 is 33.9 Å². The molecule has 2 N–H and O–H groups in total. The van der Waals surface area contributed by atoms with Crippen LogP contribution in [0.2, 0.25) is 0 Å². The van der Waals surface area contributed by atoms with E-state index >= 15 is 0 Å². The molecule has 26 heavy (non-hydrogen) atoms. The molecule has 8 nitrogen and oxygen atoms in total. The topological polar surface area (TPSA) is 104 Å². The molecule has 1 aliphatic rings. The van der Waals surface area contributed by atoms with Gasteiger partial charge in [-0.2, -0.15) is 0 Å². The Hall–Kier alpha value is -1.87. The number of carbonyl (C=O) groups excluding carboxylic acids is 1. The number of rotatable bonds is 6. The Morgan fingerprint density at radius 3 is 2.08 bits per heavy atom. The number of aliphatic hydroxyl groups excluding tert-OH is 2. The monoisotopic (exact) mass is 370 g/mol. The van der Waals surface area contributed by atoms with Gasteiger partial charge in [0.2, 0.25) is 12.0 Å². The lowest BCUT2D eigenvalue weighted by Crippen LogP contribution is -2.59. The molecule has 1 aromatic carbocycles. The van der Waals surface area contributed by atoms with Crippen molar-refractivity contribution in [3.63, 3.8) is 0 Å². The summed E-state index contributed by atoms with van der Waals surface area (Å²) >= 11 is 0. The highest BCUT2D eigenvalue weighted by Gasteiger charge is 2.45. The molecule has 0 aliphatic carbocycles. The maximum atomic E-state index is 11.5. The third kappa shape index (κ3) is 3.37. The van der Waals surface area contributed by atoms with E-state index in [2.05, 4.69) is 0 Å². The van der Waals surface area contributed by atoms with Crippen molar-refractivity contribution in [2.75, 3.05) is 21.3 Å². The van der Waals surface area contributed by atoms with E-state index in [1.165, 1.54) is 21.3 Å². The van der Waals surface area contributed by atoms with E-state index < -0.39 is 30.7 Å². The van der Waals surface area contributed by atoms with Gasteiger partial charge in [-0.1, -0.05) is 0 Å². The van der Waals surface area contributed by atoms with Gasteiger partial charge in [-0.15, -0.1) is 0 Å². The molecular weight excluding hydrogens is 344 g/mol. The fourth-order valence-electron chi connectivity index (χ4n) is 3.10. The largest absolute Gasteiger partial charge is 0.492 e. The van der Waals surface area contributed by atoms with Gasteiger partial charge in [0, 0.05) is 7.11 Å². The lowest BCUT2D eigenvalue weighted by Gasteiger charge is -2.40. The summed E-state index contributed by atoms with van der Waals surface area (Å²) in [5, 5.41) is 20.6. The predicted octanol–water partition coefficient (Wildman–Crippen LogP) is 0.994. The van der Waals surface area contributed by atoms with Crippen LogP contribution in [0.5, 0.6) is 17.2 Å². The second kappa shape index (κ2) is 8.22. The standard InChI is InChI=1S/C18H26O8/c1-8-9(2)14(17(24-6)15(22-4)11(8)7-19)26-18-13(21)16(23-5)12(20)10(3)25-18/h7,10,12-13,16,18,20-21H,1-6H3/t10?,12-,13?,16?,18-/m0/s1. The molecule has 2 rings (SSSR count). The zero-order chi connectivity index (χ0) is 19.6. The van der Waals surface area contributed by atoms with Crippen molar-refractivity contribution in [3.8, 4) is 17.2 Å². The Balaban J connectivity index is 2.49. The highest BCUT2D eigenvalue weighted by molar-refractivity contribution is 5.86. The zero-order valence-electron chi connectivity index (χ0n) is 15.8. The minimum Gasteiger partial charge on any atom is -0.492 e. The summed E-state index contributed by atoms with van der Waals surface area (Å²) in [6.07, 6.45) is -4.11. The van der Waals surface area contributed by atoms with Crippen molar-refractivity contribution in [3.05, 3.63) is 16.7 Å². The minimum atomic E-state index is -1.23. The van der Waals surface area contributed by atoms with Crippen molar-refractivity contribution < 1.29 is 38.7 Å². The Morgan fingerprint density at radius 1 is 0.962 bits per heavy atom. The van der Waals surface area contributed by atoms with Crippen LogP contribution in [-0.2, 0) is 9.47 Å². The molecule has 0 bridgehead atoms. The normalized spacial score (nSPS) is 28.5. The van der Waals surface area contributed by atoms with Crippen LogP contribution in [0.4, 0.5) is 0 Å². The molecule has 0 saturated carbocycles. The quantitative estimate of drug-likeness (QED) is 0.715. The number of benzene rings is 1. The van der Waals surface area contributed by atoms with Gasteiger partial charge in [-0.05, 0) is 31.9 Å². The molecule has 1 fully saturated rings. The van der Waals surface area contributed by atoms with E-state index in [1.54, 1.807) is 20.8 Å². The van der Waals surface area contributed by atoms with Crippen LogP contribution in [0.1, 0.15) is 28.4 Å². The number of aliphatic hydroxyl groups is 2. The van der Waals surface area contributed by atoms with Gasteiger partial charge >= 0.3 is 0 Å². The molecule has 0 radical (unpaired) electrons. The summed E-state index contributed by atoms with van der Waals surface area (Å²) in [7, 11) is 4.25. The number of ether oxygens (including phenoxy) is 5. The van der Waals surface area contributed by atoms with Crippen LogP contribution in [0.3, 0.4) is 0 Å². The first-order valence-electron chi connectivity index (χ1n) is 8.23. The molecule has 146 valence electrons. The summed E-state index contributed by atoms with van der Waals surface area (Å²) in [6.45, 7) is 5.18. The van der Waals surface area contributed by atoms with E-state index in [-0.39, 0.29) is 17.2 Å². The molecule has 1 aromatic rings. The summed E-state index contributed by atoms with van der Waals surface area (Å²) in [6, 6.07) is 0. The Morgan fingerprint density at radius 2 is 1.58 bits per heavy atom. The van der Waals surface area contributed by atoms with Crippen LogP contribution >= 0.6 is 0 Å². The van der Waals surface area contributed by atoms with E-state index in [0.717, 1.165) is 0 Å². The van der Waals surface area contributed by atoms with Crippen LogP contribution in [0.15, 0.2) is 0 Å². The van der Waals surface area contributed by atoms with Crippen LogP contribution in [0, 0.1) is 13.8 Å². The Bertz CT molecular complexity index is 659. The van der Waals surface area contributed by atoms with Gasteiger partial charge in [-0.25, -0.2) is 0 Å². The zero-order valence-corrected chi connectivity index (χ0v) is 15.8. The average molecular weight is 370 g/mol. The SMILES string of the molecule is COc1c(C=O)c(C)c(C)c(O[C@@H]2OC(C)[C@H](O)C(OC)C2O)c1OC. The number of carbonyl (C=O) groups is 1. The second-order valence-corrected chi connectivity index (χ2v) is 6.19. The molecule has 1 saturated heterocycles. The van der Waals surface area contributed by atoms with Gasteiger partial charge in [-0.3, -0.25) is 4.79 Å². The Labute approximate surface area is 152 Å². The van der Waals surface area contributed by atoms with Gasteiger partial charge in [0.05, 0.1) is 25.9 Å². The molecule has 0 spiro atoms. The third-order valence-corrected chi connectivity index (χ3v) is 4.78. The summed E-state index contributed by atoms with van der Waals surface area (Å²) in [5.41, 5.74) is 1.67. The first-order chi connectivity index (χ1) is 12.3. The summed E-state index contributed by atoms with van der Waals surface area (Å²) < 4.78 is 27.4. The number of aldehydes is 1. The third-order valence-electron chi connectivity index (χ3n) is 4.78. The van der Waals surface area contributed by atoms with E-state index in [9.17, 15) is 15.0 Å². The molecule has 0 amide bonds. The fraction of sp³-hybridized carbons (Fsp3) is 0.611. The maximum absolute atomic E-state index is 11.5. The average Bonchev–Trinajstić information content (AvgIpc) is 2.63. The summed E-state index contributed by atoms with van der Waals surface area (Å²) in [5.74, 6) is 0.749. The van der Waals surface area contributed by atoms with Crippen molar-refractivity contribution in [2.24, 2.45) is 0 Å². The minimum absolute atomic E-state index is 0.223. The predicted molar refractivity (Wildman–Crippen MR) is 92.2 cm³/mol. The van der Waals surface area contributed by atoms with Crippen molar-refractivity contribution in [1.82, 2.24) is 0 Å². The molecule has 1 aliphatic heterocycles. The van der Waals surface area contributed by atoms with E-state index in [0.29, 0.717) is 23.0 Å². The fourth-order valence-corrected chi connectivity index (χ4v) is 3.10. The number of methoxy groups -OCH3 is 3. The van der Waals surface area contributed by atoms with Crippen molar-refractivity contribution in [1.29, 1.82) is 0 Å². The van der Waals surface area contributed by atoms with E-state index in [4.69, 9.17) is 23.7 Å². The van der Waals surface area contributed by atoms with E-state index in [1.807, 2.05) is 0 Å². The van der Waals surface area contributed by atoms with Gasteiger partial charge in [0.1, 0.15) is 18.3 Å². The lowest BCUT2D eigenvalue weighted by molar-refractivity contribution is -0.273. The first-order valence-corrected chi connectivity index (χ1v) is 8.23. The first kappa shape index (κ1) is 20.4. The lowest BCUT2D eigenvalue weighted by atomic mass is 9.99. The molecule has 1 heterocycles. The molecule has 5 atom stereocenters. The molecule has 8 heteroatoms. The van der Waals surface area contributed by atoms with Crippen LogP contribution < -0.4 is 14.2 Å². The van der Waals surface area contributed by atoms with Crippen LogP contribution in [-0.4, -0.2) is 68.5 Å². The Kier molecular flexibility index (Phi) is 6.46. The number of hydrogen-bond acceptors (Lipinski definition) is 8. The van der Waals surface area contributed by atoms with Crippen molar-refractivity contribution >= 4 is 6.29 Å². The summed E-state index contributed by atoms with van der Waals surface area (Å²) in [4.78, 5) is 11.5. The highest BCUT2D eigenvalue weighted by Crippen LogP contribution is 2.45. The molecule has 3 unspecified atom stereocenters. The smallest absolute Gasteiger partial charge is 0.229 e. The second-order valence-electron chi connectivity index (χ2n) is 6.19. The van der Waals surface area contributed by atoms with Crippen LogP contribution in [0.25, 0.3) is 0 Å². The van der Waals surface area contributed by atoms with Gasteiger partial charge in [0.25, 0.3) is 0 Å². The highest BCUT2D eigenvalue weighted by atomic mass is 16.7.